The lowest BCUT2D eigenvalue weighted by Crippen LogP contribution is -2.29. The van der Waals surface area contributed by atoms with Gasteiger partial charge in [0.25, 0.3) is 0 Å². The Morgan fingerprint density at radius 1 is 1.10 bits per heavy atom. The van der Waals surface area contributed by atoms with E-state index in [2.05, 4.69) is 31.3 Å². The maximum absolute atomic E-state index is 11.5. The van der Waals surface area contributed by atoms with Crippen LogP contribution in [0.4, 0.5) is 0 Å². The van der Waals surface area contributed by atoms with E-state index in [1.165, 1.54) is 11.1 Å². The van der Waals surface area contributed by atoms with E-state index in [1.54, 1.807) is 0 Å². The highest BCUT2D eigenvalue weighted by atomic mass is 16.4. The Balaban J connectivity index is 2.06. The molecular weight excluding hydrogens is 262 g/mol. The molecule has 110 valence electrons. The molecule has 0 bridgehead atoms. The molecule has 2 N–H and O–H groups in total. The molecular formula is C18H21NO2. The standard InChI is InChI=1S/C18H21NO2/c1-13-8-6-7-11-16(13)14(2)19-12-17(18(20)21)15-9-4-3-5-10-15/h3-11,14,17,19H,12H2,1-2H3,(H,20,21)/t14-,17?/m0/s1. The van der Waals surface area contributed by atoms with Crippen molar-refractivity contribution in [1.82, 2.24) is 5.32 Å². The van der Waals surface area contributed by atoms with Gasteiger partial charge in [-0.1, -0.05) is 54.6 Å². The lowest BCUT2D eigenvalue weighted by molar-refractivity contribution is -0.138. The molecule has 2 rings (SSSR count). The van der Waals surface area contributed by atoms with Crippen LogP contribution in [0, 0.1) is 6.92 Å². The zero-order chi connectivity index (χ0) is 15.2. The first-order valence-corrected chi connectivity index (χ1v) is 7.16. The van der Waals surface area contributed by atoms with Crippen LogP contribution in [0.2, 0.25) is 0 Å². The number of carbonyl (C=O) groups is 1. The minimum absolute atomic E-state index is 0.122. The fourth-order valence-corrected chi connectivity index (χ4v) is 2.51. The Labute approximate surface area is 125 Å². The van der Waals surface area contributed by atoms with Crippen LogP contribution in [0.25, 0.3) is 0 Å². The van der Waals surface area contributed by atoms with Gasteiger partial charge in [0.05, 0.1) is 5.92 Å². The number of hydrogen-bond donors (Lipinski definition) is 2. The monoisotopic (exact) mass is 283 g/mol. The van der Waals surface area contributed by atoms with E-state index < -0.39 is 11.9 Å². The first-order valence-electron chi connectivity index (χ1n) is 7.16. The van der Waals surface area contributed by atoms with Gasteiger partial charge < -0.3 is 10.4 Å². The third kappa shape index (κ3) is 3.92. The molecule has 0 aliphatic carbocycles. The predicted octanol–water partition coefficient (Wildman–Crippen LogP) is 3.51. The number of hydrogen-bond acceptors (Lipinski definition) is 2. The SMILES string of the molecule is Cc1ccccc1[C@H](C)NCC(C(=O)O)c1ccccc1. The fraction of sp³-hybridized carbons (Fsp3) is 0.278. The van der Waals surface area contributed by atoms with Crippen LogP contribution < -0.4 is 5.32 Å². The summed E-state index contributed by atoms with van der Waals surface area (Å²) in [5.74, 6) is -1.33. The first kappa shape index (κ1) is 15.3. The van der Waals surface area contributed by atoms with Gasteiger partial charge in [-0.25, -0.2) is 0 Å². The number of aliphatic carboxylic acids is 1. The molecule has 2 atom stereocenters. The van der Waals surface area contributed by atoms with Crippen molar-refractivity contribution in [2.24, 2.45) is 0 Å². The fourth-order valence-electron chi connectivity index (χ4n) is 2.51. The highest BCUT2D eigenvalue weighted by Crippen LogP contribution is 2.19. The second kappa shape index (κ2) is 7.04. The maximum atomic E-state index is 11.5. The smallest absolute Gasteiger partial charge is 0.312 e. The molecule has 0 heterocycles. The average molecular weight is 283 g/mol. The minimum atomic E-state index is -0.800. The van der Waals surface area contributed by atoms with Crippen LogP contribution in [0.3, 0.4) is 0 Å². The quantitative estimate of drug-likeness (QED) is 0.853. The molecule has 3 heteroatoms. The molecule has 2 aromatic rings. The van der Waals surface area contributed by atoms with E-state index >= 15 is 0 Å². The van der Waals surface area contributed by atoms with Crippen LogP contribution in [0.15, 0.2) is 54.6 Å². The Hall–Kier alpha value is -2.13. The number of benzene rings is 2. The van der Waals surface area contributed by atoms with Crippen LogP contribution in [-0.2, 0) is 4.79 Å². The summed E-state index contributed by atoms with van der Waals surface area (Å²) in [5, 5.41) is 12.8. The number of rotatable bonds is 6. The lowest BCUT2D eigenvalue weighted by atomic mass is 9.97. The molecule has 0 aliphatic rings. The Kier molecular flexibility index (Phi) is 5.12. The van der Waals surface area contributed by atoms with Gasteiger partial charge in [-0.2, -0.15) is 0 Å². The van der Waals surface area contributed by atoms with Gasteiger partial charge in [0, 0.05) is 12.6 Å². The molecule has 0 spiro atoms. The summed E-state index contributed by atoms with van der Waals surface area (Å²) in [6.45, 7) is 4.54. The molecule has 0 aliphatic heterocycles. The van der Waals surface area contributed by atoms with Gasteiger partial charge in [-0.15, -0.1) is 0 Å². The van der Waals surface area contributed by atoms with E-state index in [0.717, 1.165) is 5.56 Å². The average Bonchev–Trinajstić information content (AvgIpc) is 2.48. The summed E-state index contributed by atoms with van der Waals surface area (Å²) in [6.07, 6.45) is 0. The highest BCUT2D eigenvalue weighted by Gasteiger charge is 2.20. The number of aryl methyl sites for hydroxylation is 1. The van der Waals surface area contributed by atoms with Crippen molar-refractivity contribution in [3.05, 3.63) is 71.3 Å². The Bertz CT molecular complexity index is 595. The van der Waals surface area contributed by atoms with Crippen molar-refractivity contribution in [2.75, 3.05) is 6.54 Å². The van der Waals surface area contributed by atoms with Crippen molar-refractivity contribution < 1.29 is 9.90 Å². The summed E-state index contributed by atoms with van der Waals surface area (Å²) >= 11 is 0. The summed E-state index contributed by atoms with van der Waals surface area (Å²) in [4.78, 5) is 11.5. The molecule has 3 nitrogen and oxygen atoms in total. The molecule has 0 saturated carbocycles. The third-order valence-corrected chi connectivity index (χ3v) is 3.78. The van der Waals surface area contributed by atoms with Gasteiger partial charge in [-0.05, 0) is 30.5 Å². The zero-order valence-corrected chi connectivity index (χ0v) is 12.4. The number of nitrogens with one attached hydrogen (secondary N) is 1. The number of carboxylic acids is 1. The van der Waals surface area contributed by atoms with Crippen molar-refractivity contribution in [3.8, 4) is 0 Å². The summed E-state index contributed by atoms with van der Waals surface area (Å²) < 4.78 is 0. The summed E-state index contributed by atoms with van der Waals surface area (Å²) in [5.41, 5.74) is 3.24. The Morgan fingerprint density at radius 3 is 2.33 bits per heavy atom. The summed E-state index contributed by atoms with van der Waals surface area (Å²) in [7, 11) is 0. The van der Waals surface area contributed by atoms with Crippen LogP contribution in [-0.4, -0.2) is 17.6 Å². The molecule has 0 saturated heterocycles. The molecule has 0 aromatic heterocycles. The van der Waals surface area contributed by atoms with E-state index in [1.807, 2.05) is 42.5 Å². The zero-order valence-electron chi connectivity index (χ0n) is 12.4. The van der Waals surface area contributed by atoms with Crippen LogP contribution in [0.5, 0.6) is 0 Å². The molecule has 1 unspecified atom stereocenters. The van der Waals surface area contributed by atoms with Crippen molar-refractivity contribution in [3.63, 3.8) is 0 Å². The third-order valence-electron chi connectivity index (χ3n) is 3.78. The molecule has 0 amide bonds. The van der Waals surface area contributed by atoms with Crippen LogP contribution in [0.1, 0.15) is 35.6 Å². The van der Waals surface area contributed by atoms with Crippen molar-refractivity contribution in [2.45, 2.75) is 25.8 Å². The van der Waals surface area contributed by atoms with Crippen molar-refractivity contribution >= 4 is 5.97 Å². The second-order valence-corrected chi connectivity index (χ2v) is 5.29. The van der Waals surface area contributed by atoms with Crippen molar-refractivity contribution in [1.29, 1.82) is 0 Å². The molecule has 2 aromatic carbocycles. The van der Waals surface area contributed by atoms with Gasteiger partial charge in [-0.3, -0.25) is 4.79 Å². The van der Waals surface area contributed by atoms with Gasteiger partial charge >= 0.3 is 5.97 Å². The lowest BCUT2D eigenvalue weighted by Gasteiger charge is -2.20. The summed E-state index contributed by atoms with van der Waals surface area (Å²) in [6, 6.07) is 17.6. The maximum Gasteiger partial charge on any atom is 0.312 e. The number of carboxylic acid groups (broad SMARTS) is 1. The molecule has 21 heavy (non-hydrogen) atoms. The van der Waals surface area contributed by atoms with Gasteiger partial charge in [0.2, 0.25) is 0 Å². The molecule has 0 fully saturated rings. The van der Waals surface area contributed by atoms with Gasteiger partial charge in [0.1, 0.15) is 0 Å². The van der Waals surface area contributed by atoms with E-state index in [-0.39, 0.29) is 6.04 Å². The van der Waals surface area contributed by atoms with E-state index in [0.29, 0.717) is 6.54 Å². The second-order valence-electron chi connectivity index (χ2n) is 5.29. The van der Waals surface area contributed by atoms with E-state index in [9.17, 15) is 9.90 Å². The first-order chi connectivity index (χ1) is 10.1. The van der Waals surface area contributed by atoms with Crippen LogP contribution >= 0.6 is 0 Å². The predicted molar refractivity (Wildman–Crippen MR) is 84.4 cm³/mol. The molecule has 0 radical (unpaired) electrons. The normalized spacial score (nSPS) is 13.6. The van der Waals surface area contributed by atoms with E-state index in [4.69, 9.17) is 0 Å². The Morgan fingerprint density at radius 2 is 1.71 bits per heavy atom. The van der Waals surface area contributed by atoms with Gasteiger partial charge in [0.15, 0.2) is 0 Å². The topological polar surface area (TPSA) is 49.3 Å². The highest BCUT2D eigenvalue weighted by molar-refractivity contribution is 5.76. The minimum Gasteiger partial charge on any atom is -0.481 e. The largest absolute Gasteiger partial charge is 0.481 e.